The van der Waals surface area contributed by atoms with Crippen LogP contribution in [0.3, 0.4) is 0 Å². The van der Waals surface area contributed by atoms with Crippen LogP contribution >= 0.6 is 11.8 Å². The number of methoxy groups -OCH3 is 1. The molecule has 0 saturated heterocycles. The molecule has 0 bridgehead atoms. The summed E-state index contributed by atoms with van der Waals surface area (Å²) in [6, 6.07) is 8.46. The number of ether oxygens (including phenoxy) is 1. The van der Waals surface area contributed by atoms with Crippen LogP contribution in [0.2, 0.25) is 0 Å². The molecule has 0 unspecified atom stereocenters. The summed E-state index contributed by atoms with van der Waals surface area (Å²) in [4.78, 5) is 18.6. The molecule has 0 radical (unpaired) electrons. The van der Waals surface area contributed by atoms with Crippen LogP contribution in [0.4, 0.5) is 0 Å². The Morgan fingerprint density at radius 1 is 1.38 bits per heavy atom. The summed E-state index contributed by atoms with van der Waals surface area (Å²) in [5.74, 6) is 0.529. The van der Waals surface area contributed by atoms with Gasteiger partial charge >= 0.3 is 5.97 Å². The fraction of sp³-hybridized carbons (Fsp3) is 0.467. The van der Waals surface area contributed by atoms with Crippen molar-refractivity contribution < 1.29 is 9.53 Å². The summed E-state index contributed by atoms with van der Waals surface area (Å²) in [5, 5.41) is 3.15. The molecule has 1 rings (SSSR count). The van der Waals surface area contributed by atoms with Gasteiger partial charge in [-0.1, -0.05) is 12.1 Å². The molecule has 0 aliphatic carbocycles. The first-order valence-electron chi connectivity index (χ1n) is 6.72. The van der Waals surface area contributed by atoms with Crippen molar-refractivity contribution in [3.8, 4) is 0 Å². The highest BCUT2D eigenvalue weighted by atomic mass is 32.2. The van der Waals surface area contributed by atoms with Crippen molar-refractivity contribution in [2.24, 2.45) is 4.99 Å². The fourth-order valence-corrected chi connectivity index (χ4v) is 2.25. The second kappa shape index (κ2) is 9.28. The van der Waals surface area contributed by atoms with E-state index in [1.807, 2.05) is 11.9 Å². The molecule has 0 aliphatic heterocycles. The van der Waals surface area contributed by atoms with E-state index in [0.717, 1.165) is 12.5 Å². The quantitative estimate of drug-likeness (QED) is 0.377. The van der Waals surface area contributed by atoms with E-state index in [1.165, 1.54) is 17.6 Å². The number of hydrogen-bond acceptors (Lipinski definition) is 4. The first kappa shape index (κ1) is 17.4. The molecule has 0 spiro atoms. The molecule has 0 amide bonds. The van der Waals surface area contributed by atoms with Gasteiger partial charge in [-0.25, -0.2) is 0 Å². The van der Waals surface area contributed by atoms with Crippen LogP contribution in [0.1, 0.15) is 12.0 Å². The van der Waals surface area contributed by atoms with Crippen molar-refractivity contribution in [2.45, 2.75) is 17.9 Å². The number of benzene rings is 1. The first-order chi connectivity index (χ1) is 10.1. The minimum absolute atomic E-state index is 0.228. The molecule has 0 atom stereocenters. The number of nitrogens with one attached hydrogen (secondary N) is 1. The number of carbonyl (C=O) groups is 1. The molecule has 0 fully saturated rings. The molecule has 1 aromatic rings. The molecule has 1 aromatic carbocycles. The molecule has 0 aromatic heterocycles. The Balaban J connectivity index is 2.50. The van der Waals surface area contributed by atoms with Crippen molar-refractivity contribution in [3.63, 3.8) is 0 Å². The molecule has 116 valence electrons. The molecule has 0 saturated carbocycles. The predicted octanol–water partition coefficient (Wildman–Crippen LogP) is 1.98. The molecule has 6 heteroatoms. The van der Waals surface area contributed by atoms with Crippen LogP contribution in [0.25, 0.3) is 0 Å². The zero-order chi connectivity index (χ0) is 15.7. The summed E-state index contributed by atoms with van der Waals surface area (Å²) < 4.78 is 4.61. The summed E-state index contributed by atoms with van der Waals surface area (Å²) in [5.41, 5.74) is 1.21. The summed E-state index contributed by atoms with van der Waals surface area (Å²) in [6.45, 7) is 1.27. The highest BCUT2D eigenvalue weighted by Crippen LogP contribution is 2.15. The van der Waals surface area contributed by atoms with Gasteiger partial charge in [0.1, 0.15) is 0 Å². The van der Waals surface area contributed by atoms with E-state index in [4.69, 9.17) is 0 Å². The Morgan fingerprint density at radius 3 is 2.57 bits per heavy atom. The van der Waals surface area contributed by atoms with Gasteiger partial charge in [0, 0.05) is 32.1 Å². The van der Waals surface area contributed by atoms with E-state index in [9.17, 15) is 4.79 Å². The third-order valence-corrected chi connectivity index (χ3v) is 3.74. The maximum atomic E-state index is 11.1. The highest BCUT2D eigenvalue weighted by Gasteiger charge is 2.07. The van der Waals surface area contributed by atoms with Crippen LogP contribution in [0.15, 0.2) is 34.2 Å². The predicted molar refractivity (Wildman–Crippen MR) is 87.7 cm³/mol. The number of thioether (sulfide) groups is 1. The number of nitrogens with zero attached hydrogens (tertiary/aromatic N) is 2. The minimum Gasteiger partial charge on any atom is -0.469 e. The van der Waals surface area contributed by atoms with Gasteiger partial charge in [0.05, 0.1) is 13.5 Å². The molecule has 0 heterocycles. The summed E-state index contributed by atoms with van der Waals surface area (Å²) in [7, 11) is 5.09. The van der Waals surface area contributed by atoms with Crippen molar-refractivity contribution in [3.05, 3.63) is 29.8 Å². The third-order valence-electron chi connectivity index (χ3n) is 2.99. The van der Waals surface area contributed by atoms with Gasteiger partial charge in [0.2, 0.25) is 0 Å². The minimum atomic E-state index is -0.228. The van der Waals surface area contributed by atoms with E-state index >= 15 is 0 Å². The number of esters is 1. The lowest BCUT2D eigenvalue weighted by Gasteiger charge is -2.22. The maximum Gasteiger partial charge on any atom is 0.307 e. The second-order valence-electron chi connectivity index (χ2n) is 4.50. The highest BCUT2D eigenvalue weighted by molar-refractivity contribution is 7.98. The Labute approximate surface area is 130 Å². The van der Waals surface area contributed by atoms with Crippen molar-refractivity contribution in [1.29, 1.82) is 0 Å². The summed E-state index contributed by atoms with van der Waals surface area (Å²) >= 11 is 1.73. The third kappa shape index (κ3) is 6.08. The Hall–Kier alpha value is -1.69. The van der Waals surface area contributed by atoms with E-state index < -0.39 is 0 Å². The Morgan fingerprint density at radius 2 is 2.05 bits per heavy atom. The molecular formula is C15H23N3O2S. The van der Waals surface area contributed by atoms with Gasteiger partial charge in [0.25, 0.3) is 0 Å². The molecule has 5 nitrogen and oxygen atoms in total. The maximum absolute atomic E-state index is 11.1. The number of aliphatic imine (C=N–C) groups is 1. The van der Waals surface area contributed by atoms with Gasteiger partial charge in [0.15, 0.2) is 5.96 Å². The Kier molecular flexibility index (Phi) is 7.68. The van der Waals surface area contributed by atoms with E-state index in [0.29, 0.717) is 13.0 Å². The van der Waals surface area contributed by atoms with Crippen LogP contribution in [0, 0.1) is 0 Å². The SMILES string of the molecule is CN=C(NCCC(=O)OC)N(C)Cc1ccc(SC)cc1. The van der Waals surface area contributed by atoms with Crippen LogP contribution in [-0.4, -0.2) is 50.8 Å². The number of hydrogen-bond donors (Lipinski definition) is 1. The van der Waals surface area contributed by atoms with Crippen molar-refractivity contribution >= 4 is 23.7 Å². The van der Waals surface area contributed by atoms with Crippen LogP contribution < -0.4 is 5.32 Å². The molecular weight excluding hydrogens is 286 g/mol. The van der Waals surface area contributed by atoms with Crippen LogP contribution in [-0.2, 0) is 16.1 Å². The number of guanidine groups is 1. The van der Waals surface area contributed by atoms with Gasteiger partial charge in [-0.2, -0.15) is 0 Å². The zero-order valence-electron chi connectivity index (χ0n) is 13.0. The molecule has 21 heavy (non-hydrogen) atoms. The average Bonchev–Trinajstić information content (AvgIpc) is 2.51. The van der Waals surface area contributed by atoms with Gasteiger partial charge in [-0.05, 0) is 24.0 Å². The van der Waals surface area contributed by atoms with Crippen molar-refractivity contribution in [2.75, 3.05) is 34.0 Å². The van der Waals surface area contributed by atoms with Crippen LogP contribution in [0.5, 0.6) is 0 Å². The smallest absolute Gasteiger partial charge is 0.307 e. The molecule has 0 aliphatic rings. The van der Waals surface area contributed by atoms with Gasteiger partial charge in [-0.15, -0.1) is 11.8 Å². The monoisotopic (exact) mass is 309 g/mol. The lowest BCUT2D eigenvalue weighted by molar-refractivity contribution is -0.140. The number of rotatable bonds is 6. The normalized spacial score (nSPS) is 11.1. The standard InChI is InChI=1S/C15H23N3O2S/c1-16-15(17-10-9-14(19)20-3)18(2)11-12-5-7-13(21-4)8-6-12/h5-8H,9-11H2,1-4H3,(H,16,17). The zero-order valence-corrected chi connectivity index (χ0v) is 13.9. The fourth-order valence-electron chi connectivity index (χ4n) is 1.84. The largest absolute Gasteiger partial charge is 0.469 e. The van der Waals surface area contributed by atoms with E-state index in [-0.39, 0.29) is 5.97 Å². The van der Waals surface area contributed by atoms with E-state index in [2.05, 4.69) is 45.6 Å². The number of carbonyl (C=O) groups excluding carboxylic acids is 1. The van der Waals surface area contributed by atoms with Crippen molar-refractivity contribution in [1.82, 2.24) is 10.2 Å². The summed E-state index contributed by atoms with van der Waals surface area (Å²) in [6.07, 6.45) is 2.39. The van der Waals surface area contributed by atoms with E-state index in [1.54, 1.807) is 18.8 Å². The molecule has 1 N–H and O–H groups in total. The first-order valence-corrected chi connectivity index (χ1v) is 7.94. The second-order valence-corrected chi connectivity index (χ2v) is 5.38. The Bertz CT molecular complexity index is 474. The average molecular weight is 309 g/mol. The topological polar surface area (TPSA) is 53.9 Å². The lowest BCUT2D eigenvalue weighted by atomic mass is 10.2. The van der Waals surface area contributed by atoms with Gasteiger partial charge in [-0.3, -0.25) is 9.79 Å². The lowest BCUT2D eigenvalue weighted by Crippen LogP contribution is -2.39. The van der Waals surface area contributed by atoms with Gasteiger partial charge < -0.3 is 15.0 Å².